The van der Waals surface area contributed by atoms with E-state index in [4.69, 9.17) is 20.9 Å². The molecule has 1 rings (SSSR count). The summed E-state index contributed by atoms with van der Waals surface area (Å²) in [6, 6.07) is 3.26. The van der Waals surface area contributed by atoms with E-state index in [2.05, 4.69) is 0 Å². The van der Waals surface area contributed by atoms with Crippen LogP contribution in [0.5, 0.6) is 11.5 Å². The molecule has 4 N–H and O–H groups in total. The number of methoxy groups -OCH3 is 2. The smallest absolute Gasteiger partial charge is 0.221 e. The first-order chi connectivity index (χ1) is 7.08. The van der Waals surface area contributed by atoms with Gasteiger partial charge in [-0.3, -0.25) is 4.79 Å². The van der Waals surface area contributed by atoms with Crippen molar-refractivity contribution in [2.75, 3.05) is 20.0 Å². The molecule has 0 bridgehead atoms. The van der Waals surface area contributed by atoms with E-state index in [-0.39, 0.29) is 6.42 Å². The fourth-order valence-electron chi connectivity index (χ4n) is 1.28. The van der Waals surface area contributed by atoms with Crippen molar-refractivity contribution in [3.63, 3.8) is 0 Å². The third-order valence-corrected chi connectivity index (χ3v) is 2.01. The standard InChI is InChI=1S/C10H14N2O3/c1-14-8-3-6(4-10(12)13)7(11)5-9(8)15-2/h3,5H,4,11H2,1-2H3,(H2,12,13). The highest BCUT2D eigenvalue weighted by molar-refractivity contribution is 5.79. The van der Waals surface area contributed by atoms with Gasteiger partial charge in [0.05, 0.1) is 20.6 Å². The normalized spacial score (nSPS) is 9.73. The van der Waals surface area contributed by atoms with Crippen LogP contribution in [0.1, 0.15) is 5.56 Å². The minimum atomic E-state index is -0.436. The summed E-state index contributed by atoms with van der Waals surface area (Å²) in [5.74, 6) is 0.625. The van der Waals surface area contributed by atoms with Crippen molar-refractivity contribution in [3.05, 3.63) is 17.7 Å². The molecule has 0 spiro atoms. The van der Waals surface area contributed by atoms with Crippen LogP contribution in [0.3, 0.4) is 0 Å². The van der Waals surface area contributed by atoms with Crippen LogP contribution in [0.15, 0.2) is 12.1 Å². The van der Waals surface area contributed by atoms with Crippen molar-refractivity contribution < 1.29 is 14.3 Å². The molecule has 0 aromatic heterocycles. The summed E-state index contributed by atoms with van der Waals surface area (Å²) in [4.78, 5) is 10.8. The number of nitrogen functional groups attached to an aromatic ring is 1. The van der Waals surface area contributed by atoms with Gasteiger partial charge in [0.1, 0.15) is 0 Å². The fourth-order valence-corrected chi connectivity index (χ4v) is 1.28. The summed E-state index contributed by atoms with van der Waals surface area (Å²) in [6.45, 7) is 0. The van der Waals surface area contributed by atoms with Gasteiger partial charge in [0.2, 0.25) is 5.91 Å². The molecule has 0 saturated carbocycles. The topological polar surface area (TPSA) is 87.6 Å². The first-order valence-corrected chi connectivity index (χ1v) is 4.37. The monoisotopic (exact) mass is 210 g/mol. The van der Waals surface area contributed by atoms with Crippen LogP contribution >= 0.6 is 0 Å². The average Bonchev–Trinajstić information content (AvgIpc) is 2.19. The number of benzene rings is 1. The van der Waals surface area contributed by atoms with E-state index in [9.17, 15) is 4.79 Å². The van der Waals surface area contributed by atoms with Crippen LogP contribution in [-0.2, 0) is 11.2 Å². The van der Waals surface area contributed by atoms with Crippen LogP contribution in [0.4, 0.5) is 5.69 Å². The SMILES string of the molecule is COc1cc(N)c(CC(N)=O)cc1OC. The largest absolute Gasteiger partial charge is 0.493 e. The number of anilines is 1. The van der Waals surface area contributed by atoms with E-state index in [1.165, 1.54) is 14.2 Å². The molecule has 0 aliphatic rings. The van der Waals surface area contributed by atoms with E-state index in [0.29, 0.717) is 22.7 Å². The second-order valence-electron chi connectivity index (χ2n) is 3.05. The summed E-state index contributed by atoms with van der Waals surface area (Å²) in [6.07, 6.45) is 0.0895. The summed E-state index contributed by atoms with van der Waals surface area (Å²) >= 11 is 0. The third kappa shape index (κ3) is 2.52. The van der Waals surface area contributed by atoms with Gasteiger partial charge in [0, 0.05) is 11.8 Å². The average molecular weight is 210 g/mol. The van der Waals surface area contributed by atoms with Crippen molar-refractivity contribution >= 4 is 11.6 Å². The maximum Gasteiger partial charge on any atom is 0.221 e. The highest BCUT2D eigenvalue weighted by Gasteiger charge is 2.10. The number of carbonyl (C=O) groups is 1. The number of nitrogens with two attached hydrogens (primary N) is 2. The van der Waals surface area contributed by atoms with Crippen molar-refractivity contribution in [1.29, 1.82) is 0 Å². The molecule has 82 valence electrons. The lowest BCUT2D eigenvalue weighted by molar-refractivity contribution is -0.117. The van der Waals surface area contributed by atoms with Gasteiger partial charge in [0.15, 0.2) is 11.5 Å². The van der Waals surface area contributed by atoms with Crippen molar-refractivity contribution in [3.8, 4) is 11.5 Å². The Labute approximate surface area is 88.0 Å². The fraction of sp³-hybridized carbons (Fsp3) is 0.300. The molecule has 0 radical (unpaired) electrons. The van der Waals surface area contributed by atoms with Gasteiger partial charge in [-0.2, -0.15) is 0 Å². The van der Waals surface area contributed by atoms with Gasteiger partial charge >= 0.3 is 0 Å². The lowest BCUT2D eigenvalue weighted by Gasteiger charge is -2.11. The van der Waals surface area contributed by atoms with E-state index < -0.39 is 5.91 Å². The lowest BCUT2D eigenvalue weighted by Crippen LogP contribution is -2.15. The highest BCUT2D eigenvalue weighted by Crippen LogP contribution is 2.31. The number of hydrogen-bond acceptors (Lipinski definition) is 4. The molecule has 0 atom stereocenters. The number of rotatable bonds is 4. The quantitative estimate of drug-likeness (QED) is 0.700. The molecule has 0 saturated heterocycles. The Morgan fingerprint density at radius 1 is 1.27 bits per heavy atom. The number of ether oxygens (including phenoxy) is 2. The van der Waals surface area contributed by atoms with Crippen molar-refractivity contribution in [2.24, 2.45) is 5.73 Å². The van der Waals surface area contributed by atoms with Crippen LogP contribution in [0.25, 0.3) is 0 Å². The number of amides is 1. The van der Waals surface area contributed by atoms with Gasteiger partial charge in [-0.05, 0) is 11.6 Å². The van der Waals surface area contributed by atoms with Gasteiger partial charge in [0.25, 0.3) is 0 Å². The van der Waals surface area contributed by atoms with E-state index in [1.54, 1.807) is 12.1 Å². The van der Waals surface area contributed by atoms with Gasteiger partial charge in [-0.25, -0.2) is 0 Å². The third-order valence-electron chi connectivity index (χ3n) is 2.01. The molecule has 15 heavy (non-hydrogen) atoms. The zero-order valence-electron chi connectivity index (χ0n) is 8.74. The summed E-state index contributed by atoms with van der Waals surface area (Å²) in [5, 5.41) is 0. The second kappa shape index (κ2) is 4.54. The maximum absolute atomic E-state index is 10.8. The Balaban J connectivity index is 3.13. The van der Waals surface area contributed by atoms with Gasteiger partial charge in [-0.15, -0.1) is 0 Å². The molecule has 0 aliphatic carbocycles. The van der Waals surface area contributed by atoms with Crippen LogP contribution in [0.2, 0.25) is 0 Å². The molecule has 0 aliphatic heterocycles. The molecular formula is C10H14N2O3. The minimum absolute atomic E-state index is 0.0895. The number of hydrogen-bond donors (Lipinski definition) is 2. The van der Waals surface area contributed by atoms with Crippen LogP contribution < -0.4 is 20.9 Å². The zero-order chi connectivity index (χ0) is 11.4. The molecule has 5 nitrogen and oxygen atoms in total. The summed E-state index contributed by atoms with van der Waals surface area (Å²) in [5.41, 5.74) is 11.9. The van der Waals surface area contributed by atoms with Crippen LogP contribution in [-0.4, -0.2) is 20.1 Å². The second-order valence-corrected chi connectivity index (χ2v) is 3.05. The van der Waals surface area contributed by atoms with Gasteiger partial charge in [-0.1, -0.05) is 0 Å². The predicted octanol–water partition coefficient (Wildman–Crippen LogP) is 0.314. The zero-order valence-corrected chi connectivity index (χ0v) is 8.74. The van der Waals surface area contributed by atoms with E-state index in [0.717, 1.165) is 0 Å². The molecule has 1 amide bonds. The van der Waals surface area contributed by atoms with E-state index in [1.807, 2.05) is 0 Å². The van der Waals surface area contributed by atoms with Gasteiger partial charge < -0.3 is 20.9 Å². The van der Waals surface area contributed by atoms with E-state index >= 15 is 0 Å². The number of primary amides is 1. The Bertz CT molecular complexity index is 377. The molecule has 1 aromatic rings. The molecule has 5 heteroatoms. The number of carbonyl (C=O) groups excluding carboxylic acids is 1. The first-order valence-electron chi connectivity index (χ1n) is 4.37. The first kappa shape index (κ1) is 11.2. The van der Waals surface area contributed by atoms with Crippen molar-refractivity contribution in [1.82, 2.24) is 0 Å². The molecule has 0 heterocycles. The molecule has 0 fully saturated rings. The highest BCUT2D eigenvalue weighted by atomic mass is 16.5. The Hall–Kier alpha value is -1.91. The summed E-state index contributed by atoms with van der Waals surface area (Å²) < 4.78 is 10.1. The Morgan fingerprint density at radius 2 is 1.80 bits per heavy atom. The molecule has 1 aromatic carbocycles. The minimum Gasteiger partial charge on any atom is -0.493 e. The van der Waals surface area contributed by atoms with Crippen LogP contribution in [0, 0.1) is 0 Å². The predicted molar refractivity (Wildman–Crippen MR) is 56.9 cm³/mol. The Morgan fingerprint density at radius 3 is 2.27 bits per heavy atom. The molecule has 0 unspecified atom stereocenters. The maximum atomic E-state index is 10.8. The summed E-state index contributed by atoms with van der Waals surface area (Å²) in [7, 11) is 3.03. The van der Waals surface area contributed by atoms with Crippen molar-refractivity contribution in [2.45, 2.75) is 6.42 Å². The Kier molecular flexibility index (Phi) is 3.38. The molecular weight excluding hydrogens is 196 g/mol. The lowest BCUT2D eigenvalue weighted by atomic mass is 10.1.